The minimum absolute atomic E-state index is 0.00795. The molecule has 2 aromatic carbocycles. The first kappa shape index (κ1) is 29.7. The van der Waals surface area contributed by atoms with E-state index in [4.69, 9.17) is 5.11 Å². The lowest BCUT2D eigenvalue weighted by atomic mass is 10.2. The van der Waals surface area contributed by atoms with E-state index in [1.807, 2.05) is 0 Å². The Morgan fingerprint density at radius 3 is 1.54 bits per heavy atom. The van der Waals surface area contributed by atoms with E-state index in [2.05, 4.69) is 36.6 Å². The first-order valence-electron chi connectivity index (χ1n) is 11.1. The van der Waals surface area contributed by atoms with Crippen LogP contribution in [-0.4, -0.2) is 33.3 Å². The number of carboxylic acids is 1. The molecule has 0 saturated heterocycles. The first-order valence-corrected chi connectivity index (χ1v) is 12.7. The van der Waals surface area contributed by atoms with Crippen molar-refractivity contribution in [1.82, 2.24) is 9.13 Å². The van der Waals surface area contributed by atoms with Gasteiger partial charge in [0, 0.05) is 12.4 Å². The molecule has 12 heteroatoms. The minimum Gasteiger partial charge on any atom is -0.478 e. The summed E-state index contributed by atoms with van der Waals surface area (Å²) in [4.78, 5) is 46.3. The molecule has 8 nitrogen and oxygen atoms in total. The number of ether oxygens (including phenoxy) is 1. The molecule has 0 amide bonds. The van der Waals surface area contributed by atoms with Crippen LogP contribution < -0.4 is 11.1 Å². The van der Waals surface area contributed by atoms with Crippen molar-refractivity contribution in [2.24, 2.45) is 0 Å². The average Bonchev–Trinajstić information content (AvgIpc) is 2.91. The third kappa shape index (κ3) is 8.04. The third-order valence-corrected chi connectivity index (χ3v) is 6.42. The Hall–Kier alpha value is -3.90. The zero-order chi connectivity index (χ0) is 28.7. The third-order valence-electron chi connectivity index (χ3n) is 5.29. The molecule has 0 unspecified atom stereocenters. The number of carbonyl (C=O) groups is 2. The predicted octanol–water partition coefficient (Wildman–Crippen LogP) is 5.08. The van der Waals surface area contributed by atoms with Gasteiger partial charge >= 0.3 is 11.9 Å². The van der Waals surface area contributed by atoms with Crippen LogP contribution in [0.15, 0.2) is 91.6 Å². The normalized spacial score (nSPS) is 10.4. The first-order chi connectivity index (χ1) is 18.5. The predicted molar refractivity (Wildman–Crippen MR) is 146 cm³/mol. The van der Waals surface area contributed by atoms with Gasteiger partial charge in [0.2, 0.25) is 0 Å². The molecular formula is C27H20Br2F2N2O6. The van der Waals surface area contributed by atoms with Crippen LogP contribution in [0.1, 0.15) is 31.8 Å². The largest absolute Gasteiger partial charge is 0.478 e. The number of esters is 1. The maximum Gasteiger partial charge on any atom is 0.339 e. The van der Waals surface area contributed by atoms with Crippen molar-refractivity contribution < 1.29 is 28.2 Å². The van der Waals surface area contributed by atoms with E-state index < -0.39 is 11.9 Å². The lowest BCUT2D eigenvalue weighted by Crippen LogP contribution is -2.22. The highest BCUT2D eigenvalue weighted by atomic mass is 79.9. The molecule has 0 bridgehead atoms. The van der Waals surface area contributed by atoms with Crippen LogP contribution in [0, 0.1) is 11.6 Å². The van der Waals surface area contributed by atoms with Crippen LogP contribution >= 0.6 is 31.9 Å². The van der Waals surface area contributed by atoms with Gasteiger partial charge in [0.1, 0.15) is 11.6 Å². The number of rotatable bonds is 6. The summed E-state index contributed by atoms with van der Waals surface area (Å²) in [5.74, 6) is -2.35. The molecule has 0 radical (unpaired) electrons. The summed E-state index contributed by atoms with van der Waals surface area (Å²) < 4.78 is 33.3. The Labute approximate surface area is 237 Å². The van der Waals surface area contributed by atoms with Crippen molar-refractivity contribution in [3.05, 3.63) is 137 Å². The smallest absolute Gasteiger partial charge is 0.339 e. The number of aromatic carboxylic acids is 1. The summed E-state index contributed by atoms with van der Waals surface area (Å²) in [5, 5.41) is 8.94. The van der Waals surface area contributed by atoms with Gasteiger partial charge in [0.25, 0.3) is 11.1 Å². The maximum atomic E-state index is 12.8. The molecule has 1 N–H and O–H groups in total. The van der Waals surface area contributed by atoms with Crippen LogP contribution in [-0.2, 0) is 17.8 Å². The molecule has 0 saturated carbocycles. The highest BCUT2D eigenvalue weighted by Gasteiger charge is 2.12. The molecular weight excluding hydrogens is 646 g/mol. The van der Waals surface area contributed by atoms with Crippen LogP contribution in [0.5, 0.6) is 0 Å². The molecule has 0 aliphatic heterocycles. The standard InChI is InChI=1S/C14H11BrFNO3.C13H9BrFNO3/c1-20-14(19)10-6-12(15)13(18)17(8-10)7-9-2-4-11(16)5-3-9;14-11-5-9(13(18)19)7-16(12(11)17)6-8-1-3-10(15)4-2-8/h2-6,8H,7H2,1H3;1-5,7H,6H2,(H,18,19). The number of methoxy groups -OCH3 is 1. The van der Waals surface area contributed by atoms with E-state index in [-0.39, 0.29) is 55.9 Å². The fourth-order valence-corrected chi connectivity index (χ4v) is 4.30. The van der Waals surface area contributed by atoms with Gasteiger partial charge in [0.05, 0.1) is 40.3 Å². The van der Waals surface area contributed by atoms with Gasteiger partial charge in [-0.05, 0) is 79.4 Å². The topological polar surface area (TPSA) is 108 Å². The van der Waals surface area contributed by atoms with Crippen molar-refractivity contribution >= 4 is 43.8 Å². The zero-order valence-corrected chi connectivity index (χ0v) is 23.4. The van der Waals surface area contributed by atoms with Gasteiger partial charge < -0.3 is 19.0 Å². The summed E-state index contributed by atoms with van der Waals surface area (Å²) >= 11 is 6.15. The molecule has 4 rings (SSSR count). The summed E-state index contributed by atoms with van der Waals surface area (Å²) in [6, 6.07) is 14.1. The van der Waals surface area contributed by atoms with Crippen LogP contribution in [0.3, 0.4) is 0 Å². The molecule has 202 valence electrons. The molecule has 4 aromatic rings. The number of benzene rings is 2. The lowest BCUT2D eigenvalue weighted by molar-refractivity contribution is 0.0598. The van der Waals surface area contributed by atoms with E-state index >= 15 is 0 Å². The molecule has 2 aromatic heterocycles. The van der Waals surface area contributed by atoms with Crippen LogP contribution in [0.2, 0.25) is 0 Å². The number of aromatic nitrogens is 2. The minimum atomic E-state index is -1.12. The van der Waals surface area contributed by atoms with Gasteiger partial charge in [-0.1, -0.05) is 24.3 Å². The van der Waals surface area contributed by atoms with Crippen molar-refractivity contribution in [3.8, 4) is 0 Å². The summed E-state index contributed by atoms with van der Waals surface area (Å²) in [7, 11) is 1.27. The van der Waals surface area contributed by atoms with Gasteiger partial charge in [-0.2, -0.15) is 0 Å². The summed E-state index contributed by atoms with van der Waals surface area (Å²) in [6.45, 7) is 0.418. The van der Waals surface area contributed by atoms with Crippen molar-refractivity contribution in [3.63, 3.8) is 0 Å². The Morgan fingerprint density at radius 2 is 1.15 bits per heavy atom. The summed E-state index contributed by atoms with van der Waals surface area (Å²) in [5.41, 5.74) is 1.12. The number of hydrogen-bond donors (Lipinski definition) is 1. The number of nitrogens with zero attached hydrogens (tertiary/aromatic N) is 2. The van der Waals surface area contributed by atoms with Crippen LogP contribution in [0.4, 0.5) is 8.78 Å². The Bertz CT molecular complexity index is 1620. The van der Waals surface area contributed by atoms with E-state index in [1.165, 1.54) is 65.0 Å². The number of halogens is 4. The van der Waals surface area contributed by atoms with Gasteiger partial charge in [0.15, 0.2) is 0 Å². The fourth-order valence-electron chi connectivity index (χ4n) is 3.35. The lowest BCUT2D eigenvalue weighted by Gasteiger charge is -2.09. The second-order valence-electron chi connectivity index (χ2n) is 8.07. The highest BCUT2D eigenvalue weighted by molar-refractivity contribution is 9.10. The number of hydrogen-bond acceptors (Lipinski definition) is 5. The second-order valence-corrected chi connectivity index (χ2v) is 9.78. The summed E-state index contributed by atoms with van der Waals surface area (Å²) in [6.07, 6.45) is 2.68. The molecule has 0 spiro atoms. The zero-order valence-electron chi connectivity index (χ0n) is 20.2. The number of carboxylic acid groups (broad SMARTS) is 1. The van der Waals surface area contributed by atoms with Gasteiger partial charge in [-0.3, -0.25) is 9.59 Å². The average molecular weight is 666 g/mol. The Morgan fingerprint density at radius 1 is 0.769 bits per heavy atom. The SMILES string of the molecule is COC(=O)c1cc(Br)c(=O)n(Cc2ccc(F)cc2)c1.O=C(O)c1cc(Br)c(=O)n(Cc2ccc(F)cc2)c1. The number of pyridine rings is 2. The van der Waals surface area contributed by atoms with Crippen molar-refractivity contribution in [1.29, 1.82) is 0 Å². The maximum absolute atomic E-state index is 12.8. The number of carbonyl (C=O) groups excluding carboxylic acids is 1. The van der Waals surface area contributed by atoms with Crippen molar-refractivity contribution in [2.75, 3.05) is 7.11 Å². The molecule has 39 heavy (non-hydrogen) atoms. The molecule has 0 aliphatic carbocycles. The molecule has 0 atom stereocenters. The van der Waals surface area contributed by atoms with Crippen molar-refractivity contribution in [2.45, 2.75) is 13.1 Å². The molecule has 0 aliphatic rings. The highest BCUT2D eigenvalue weighted by Crippen LogP contribution is 2.12. The monoisotopic (exact) mass is 664 g/mol. The van der Waals surface area contributed by atoms with Crippen LogP contribution in [0.25, 0.3) is 0 Å². The van der Waals surface area contributed by atoms with Gasteiger partial charge in [-0.15, -0.1) is 0 Å². The fraction of sp³-hybridized carbons (Fsp3) is 0.111. The van der Waals surface area contributed by atoms with E-state index in [1.54, 1.807) is 24.3 Å². The van der Waals surface area contributed by atoms with E-state index in [0.717, 1.165) is 5.56 Å². The quantitative estimate of drug-likeness (QED) is 0.288. The molecule has 0 fully saturated rings. The second kappa shape index (κ2) is 13.3. The molecule has 2 heterocycles. The Kier molecular flexibility index (Phi) is 10.1. The Balaban J connectivity index is 0.000000216. The van der Waals surface area contributed by atoms with Gasteiger partial charge in [-0.25, -0.2) is 18.4 Å². The van der Waals surface area contributed by atoms with E-state index in [9.17, 15) is 28.0 Å². The van der Waals surface area contributed by atoms with E-state index in [0.29, 0.717) is 5.56 Å².